The van der Waals surface area contributed by atoms with Crippen molar-refractivity contribution < 1.29 is 14.2 Å². The van der Waals surface area contributed by atoms with Gasteiger partial charge in [0.1, 0.15) is 23.0 Å². The van der Waals surface area contributed by atoms with Gasteiger partial charge in [-0.25, -0.2) is 0 Å². The predicted molar refractivity (Wildman–Crippen MR) is 136 cm³/mol. The number of allylic oxidation sites excluding steroid dienone is 1. The molecule has 0 aromatic heterocycles. The fraction of sp³-hybridized carbons (Fsp3) is 0.250. The van der Waals surface area contributed by atoms with Crippen LogP contribution in [0.2, 0.25) is 0 Å². The van der Waals surface area contributed by atoms with E-state index >= 15 is 0 Å². The zero-order valence-electron chi connectivity index (χ0n) is 20.0. The Labute approximate surface area is 195 Å². The molecular formula is C28H30N2O3. The quantitative estimate of drug-likeness (QED) is 0.390. The number of likely N-dealkylation sites (N-methyl/N-ethyl adjacent to an activating group) is 1. The SMILES string of the molecule is COc1ccc(Oc2ccc(N=Cc3cc4c(cc3OC)N(C)C(C)(C)C=C4C)cc2)cc1. The molecular weight excluding hydrogens is 412 g/mol. The standard InChI is InChI=1S/C28H30N2O3/c1-19-17-28(2,3)30(4)26-16-27(32-6)20(15-25(19)26)18-29-21-7-9-23(10-8-21)33-24-13-11-22(31-5)12-14-24/h7-18H,1-6H3. The molecule has 0 atom stereocenters. The first-order valence-corrected chi connectivity index (χ1v) is 10.9. The van der Waals surface area contributed by atoms with Gasteiger partial charge in [0.2, 0.25) is 0 Å². The molecule has 0 saturated carbocycles. The van der Waals surface area contributed by atoms with E-state index in [9.17, 15) is 0 Å². The fourth-order valence-corrected chi connectivity index (χ4v) is 4.00. The van der Waals surface area contributed by atoms with E-state index in [1.165, 1.54) is 11.1 Å². The van der Waals surface area contributed by atoms with Crippen LogP contribution in [0.5, 0.6) is 23.0 Å². The first-order chi connectivity index (χ1) is 15.8. The maximum Gasteiger partial charge on any atom is 0.129 e. The van der Waals surface area contributed by atoms with Gasteiger partial charge in [0.05, 0.1) is 25.4 Å². The van der Waals surface area contributed by atoms with Gasteiger partial charge in [-0.1, -0.05) is 6.08 Å². The highest BCUT2D eigenvalue weighted by molar-refractivity contribution is 5.91. The van der Waals surface area contributed by atoms with Gasteiger partial charge in [0.15, 0.2) is 0 Å². The first kappa shape index (κ1) is 22.5. The van der Waals surface area contributed by atoms with Gasteiger partial charge in [0.25, 0.3) is 0 Å². The first-order valence-electron chi connectivity index (χ1n) is 10.9. The Morgan fingerprint density at radius 1 is 0.848 bits per heavy atom. The van der Waals surface area contributed by atoms with E-state index in [1.54, 1.807) is 14.2 Å². The summed E-state index contributed by atoms with van der Waals surface area (Å²) in [6.45, 7) is 6.58. The highest BCUT2D eigenvalue weighted by Crippen LogP contribution is 2.41. The molecule has 170 valence electrons. The van der Waals surface area contributed by atoms with Crippen molar-refractivity contribution in [3.8, 4) is 23.0 Å². The minimum Gasteiger partial charge on any atom is -0.497 e. The van der Waals surface area contributed by atoms with Crippen molar-refractivity contribution in [1.82, 2.24) is 0 Å². The lowest BCUT2D eigenvalue weighted by Gasteiger charge is -2.40. The third-order valence-electron chi connectivity index (χ3n) is 6.05. The zero-order valence-corrected chi connectivity index (χ0v) is 20.0. The summed E-state index contributed by atoms with van der Waals surface area (Å²) in [6, 6.07) is 19.4. The number of fused-ring (bicyclic) bond motifs is 1. The third-order valence-corrected chi connectivity index (χ3v) is 6.05. The number of hydrogen-bond acceptors (Lipinski definition) is 5. The highest BCUT2D eigenvalue weighted by atomic mass is 16.5. The van der Waals surface area contributed by atoms with Crippen molar-refractivity contribution >= 4 is 23.2 Å². The Bertz CT molecular complexity index is 1190. The smallest absolute Gasteiger partial charge is 0.129 e. The van der Waals surface area contributed by atoms with Crippen molar-refractivity contribution in [2.75, 3.05) is 26.2 Å². The molecule has 0 fully saturated rings. The topological polar surface area (TPSA) is 43.3 Å². The molecule has 5 nitrogen and oxygen atoms in total. The summed E-state index contributed by atoms with van der Waals surface area (Å²) >= 11 is 0. The number of anilines is 1. The molecule has 0 spiro atoms. The monoisotopic (exact) mass is 442 g/mol. The molecule has 0 saturated heterocycles. The summed E-state index contributed by atoms with van der Waals surface area (Å²) in [5.41, 5.74) is 5.34. The summed E-state index contributed by atoms with van der Waals surface area (Å²) in [4.78, 5) is 6.95. The van der Waals surface area contributed by atoms with Crippen LogP contribution >= 0.6 is 0 Å². The van der Waals surface area contributed by atoms with Crippen molar-refractivity contribution in [3.63, 3.8) is 0 Å². The normalized spacial score (nSPS) is 14.6. The Hall–Kier alpha value is -3.73. The minimum absolute atomic E-state index is 0.0483. The average molecular weight is 443 g/mol. The largest absolute Gasteiger partial charge is 0.497 e. The lowest BCUT2D eigenvalue weighted by Crippen LogP contribution is -2.42. The second-order valence-corrected chi connectivity index (χ2v) is 8.68. The molecule has 0 radical (unpaired) electrons. The number of nitrogens with zero attached hydrogens (tertiary/aromatic N) is 2. The van der Waals surface area contributed by atoms with E-state index in [1.807, 2.05) is 54.7 Å². The molecule has 1 heterocycles. The summed E-state index contributed by atoms with van der Waals surface area (Å²) in [5, 5.41) is 0. The van der Waals surface area contributed by atoms with Gasteiger partial charge in [0, 0.05) is 36.1 Å². The van der Waals surface area contributed by atoms with Gasteiger partial charge in [-0.2, -0.15) is 0 Å². The van der Waals surface area contributed by atoms with Gasteiger partial charge in [-0.15, -0.1) is 0 Å². The lowest BCUT2D eigenvalue weighted by molar-refractivity contribution is 0.413. The molecule has 0 amide bonds. The Morgan fingerprint density at radius 3 is 2.06 bits per heavy atom. The molecule has 1 aliphatic rings. The third kappa shape index (κ3) is 4.72. The predicted octanol–water partition coefficient (Wildman–Crippen LogP) is 6.88. The molecule has 33 heavy (non-hydrogen) atoms. The van der Waals surface area contributed by atoms with Crippen molar-refractivity contribution in [2.24, 2.45) is 4.99 Å². The van der Waals surface area contributed by atoms with Crippen LogP contribution in [0.4, 0.5) is 11.4 Å². The number of methoxy groups -OCH3 is 2. The maximum atomic E-state index is 5.89. The van der Waals surface area contributed by atoms with Crippen LogP contribution < -0.4 is 19.1 Å². The van der Waals surface area contributed by atoms with E-state index < -0.39 is 0 Å². The van der Waals surface area contributed by atoms with Crippen LogP contribution in [0.25, 0.3) is 5.57 Å². The average Bonchev–Trinajstić information content (AvgIpc) is 2.82. The Balaban J connectivity index is 1.54. The Morgan fingerprint density at radius 2 is 1.45 bits per heavy atom. The summed E-state index contributed by atoms with van der Waals surface area (Å²) in [6.07, 6.45) is 4.15. The summed E-state index contributed by atoms with van der Waals surface area (Å²) in [5.74, 6) is 3.10. The molecule has 0 unspecified atom stereocenters. The van der Waals surface area contributed by atoms with E-state index in [4.69, 9.17) is 14.2 Å². The lowest BCUT2D eigenvalue weighted by atomic mass is 9.88. The minimum atomic E-state index is -0.0483. The van der Waals surface area contributed by atoms with Crippen molar-refractivity contribution in [3.05, 3.63) is 77.9 Å². The molecule has 3 aromatic rings. The van der Waals surface area contributed by atoms with E-state index in [0.29, 0.717) is 0 Å². The summed E-state index contributed by atoms with van der Waals surface area (Å²) < 4.78 is 16.8. The van der Waals surface area contributed by atoms with Crippen LogP contribution in [0.3, 0.4) is 0 Å². The highest BCUT2D eigenvalue weighted by Gasteiger charge is 2.29. The van der Waals surface area contributed by atoms with Crippen LogP contribution in [0, 0.1) is 0 Å². The van der Waals surface area contributed by atoms with Crippen LogP contribution in [-0.4, -0.2) is 33.0 Å². The van der Waals surface area contributed by atoms with Crippen molar-refractivity contribution in [2.45, 2.75) is 26.3 Å². The molecule has 1 aliphatic heterocycles. The molecule has 0 N–H and O–H groups in total. The van der Waals surface area contributed by atoms with E-state index in [2.05, 4.69) is 55.9 Å². The number of ether oxygens (including phenoxy) is 3. The summed E-state index contributed by atoms with van der Waals surface area (Å²) in [7, 11) is 5.46. The Kier molecular flexibility index (Phi) is 6.14. The molecule has 0 bridgehead atoms. The molecule has 5 heteroatoms. The van der Waals surface area contributed by atoms with Crippen LogP contribution in [0.1, 0.15) is 31.9 Å². The number of aliphatic imine (C=N–C) groups is 1. The second-order valence-electron chi connectivity index (χ2n) is 8.68. The molecule has 4 rings (SSSR count). The van der Waals surface area contributed by atoms with Gasteiger partial charge in [-0.3, -0.25) is 4.99 Å². The molecule has 0 aliphatic carbocycles. The van der Waals surface area contributed by atoms with Gasteiger partial charge < -0.3 is 19.1 Å². The number of benzene rings is 3. The fourth-order valence-electron chi connectivity index (χ4n) is 4.00. The zero-order chi connectivity index (χ0) is 23.6. The van der Waals surface area contributed by atoms with Gasteiger partial charge in [-0.05, 0) is 80.9 Å². The van der Waals surface area contributed by atoms with E-state index in [0.717, 1.165) is 39.9 Å². The number of rotatable bonds is 6. The number of hydrogen-bond donors (Lipinski definition) is 0. The van der Waals surface area contributed by atoms with Crippen LogP contribution in [-0.2, 0) is 0 Å². The van der Waals surface area contributed by atoms with Gasteiger partial charge >= 0.3 is 0 Å². The van der Waals surface area contributed by atoms with E-state index in [-0.39, 0.29) is 5.54 Å². The maximum absolute atomic E-state index is 5.89. The second kappa shape index (κ2) is 9.02. The van der Waals surface area contributed by atoms with Crippen molar-refractivity contribution in [1.29, 1.82) is 0 Å². The van der Waals surface area contributed by atoms with Crippen LogP contribution in [0.15, 0.2) is 71.7 Å². The molecule has 3 aromatic carbocycles.